The predicted molar refractivity (Wildman–Crippen MR) is 53.6 cm³/mol. The van der Waals surface area contributed by atoms with Crippen LogP contribution in [0.2, 0.25) is 5.02 Å². The molecular weight excluding hydrogens is 204 g/mol. The Morgan fingerprint density at radius 3 is 3.14 bits per heavy atom. The van der Waals surface area contributed by atoms with Crippen molar-refractivity contribution in [2.45, 2.75) is 0 Å². The molecular formula is C9H9ClN2O2. The zero-order chi connectivity index (χ0) is 9.97. The summed E-state index contributed by atoms with van der Waals surface area (Å²) in [6, 6.07) is 5.24. The molecule has 2 aromatic rings. The van der Waals surface area contributed by atoms with Crippen molar-refractivity contribution >= 4 is 22.6 Å². The normalized spacial score (nSPS) is 10.7. The first-order valence-corrected chi connectivity index (χ1v) is 4.57. The first-order valence-electron chi connectivity index (χ1n) is 4.19. The Labute approximate surface area is 85.6 Å². The lowest BCUT2D eigenvalue weighted by atomic mass is 10.2. The van der Waals surface area contributed by atoms with Gasteiger partial charge in [0, 0.05) is 11.6 Å². The quantitative estimate of drug-likeness (QED) is 0.843. The second-order valence-electron chi connectivity index (χ2n) is 2.77. The summed E-state index contributed by atoms with van der Waals surface area (Å²) < 4.78 is 10.3. The summed E-state index contributed by atoms with van der Waals surface area (Å²) in [7, 11) is 0. The van der Waals surface area contributed by atoms with Gasteiger partial charge in [-0.2, -0.15) is 0 Å². The molecule has 4 nitrogen and oxygen atoms in total. The van der Waals surface area contributed by atoms with Gasteiger partial charge in [-0.1, -0.05) is 11.6 Å². The molecule has 2 N–H and O–H groups in total. The monoisotopic (exact) mass is 212 g/mol. The van der Waals surface area contributed by atoms with E-state index >= 15 is 0 Å². The van der Waals surface area contributed by atoms with Gasteiger partial charge in [-0.25, -0.2) is 0 Å². The van der Waals surface area contributed by atoms with Crippen LogP contribution in [0.1, 0.15) is 0 Å². The number of aromatic nitrogens is 1. The van der Waals surface area contributed by atoms with Crippen molar-refractivity contribution in [2.75, 3.05) is 13.2 Å². The molecule has 5 heteroatoms. The summed E-state index contributed by atoms with van der Waals surface area (Å²) in [4.78, 5) is 0. The molecule has 1 aromatic heterocycles. The van der Waals surface area contributed by atoms with Crippen LogP contribution in [0.4, 0.5) is 0 Å². The van der Waals surface area contributed by atoms with Crippen molar-refractivity contribution in [3.8, 4) is 5.88 Å². The van der Waals surface area contributed by atoms with E-state index < -0.39 is 0 Å². The van der Waals surface area contributed by atoms with Gasteiger partial charge in [0.25, 0.3) is 5.88 Å². The number of fused-ring (bicyclic) bond motifs is 1. The Morgan fingerprint density at radius 2 is 2.36 bits per heavy atom. The summed E-state index contributed by atoms with van der Waals surface area (Å²) in [5.41, 5.74) is 5.96. The fourth-order valence-electron chi connectivity index (χ4n) is 1.15. The van der Waals surface area contributed by atoms with Crippen LogP contribution in [-0.2, 0) is 0 Å². The lowest BCUT2D eigenvalue weighted by Gasteiger charge is -1.98. The fourth-order valence-corrected chi connectivity index (χ4v) is 1.32. The number of nitrogens with zero attached hydrogens (tertiary/aromatic N) is 1. The third-order valence-electron chi connectivity index (χ3n) is 1.76. The van der Waals surface area contributed by atoms with E-state index in [4.69, 9.17) is 26.6 Å². The highest BCUT2D eigenvalue weighted by Gasteiger charge is 2.08. The number of rotatable bonds is 3. The molecule has 0 fully saturated rings. The van der Waals surface area contributed by atoms with Gasteiger partial charge in [-0.15, -0.1) is 0 Å². The lowest BCUT2D eigenvalue weighted by Crippen LogP contribution is -2.10. The van der Waals surface area contributed by atoms with Gasteiger partial charge in [0.2, 0.25) is 0 Å². The number of ether oxygens (including phenoxy) is 1. The summed E-state index contributed by atoms with van der Waals surface area (Å²) >= 11 is 5.83. The molecule has 0 aliphatic heterocycles. The highest BCUT2D eigenvalue weighted by molar-refractivity contribution is 6.31. The minimum Gasteiger partial charge on any atom is -0.474 e. The Kier molecular flexibility index (Phi) is 2.56. The molecule has 1 heterocycles. The maximum Gasteiger partial charge on any atom is 0.262 e. The van der Waals surface area contributed by atoms with Crippen molar-refractivity contribution in [3.05, 3.63) is 23.2 Å². The van der Waals surface area contributed by atoms with Gasteiger partial charge in [0.15, 0.2) is 5.58 Å². The molecule has 14 heavy (non-hydrogen) atoms. The molecule has 0 aliphatic carbocycles. The Bertz CT molecular complexity index is 441. The summed E-state index contributed by atoms with van der Waals surface area (Å²) in [5, 5.41) is 5.16. The molecule has 0 radical (unpaired) electrons. The van der Waals surface area contributed by atoms with Crippen LogP contribution in [0.3, 0.4) is 0 Å². The minimum atomic E-state index is 0.411. The number of benzene rings is 1. The second kappa shape index (κ2) is 3.86. The van der Waals surface area contributed by atoms with E-state index in [1.807, 2.05) is 0 Å². The minimum absolute atomic E-state index is 0.411. The van der Waals surface area contributed by atoms with Crippen LogP contribution < -0.4 is 10.5 Å². The first-order chi connectivity index (χ1) is 6.81. The van der Waals surface area contributed by atoms with Gasteiger partial charge < -0.3 is 15.0 Å². The summed E-state index contributed by atoms with van der Waals surface area (Å²) in [5.74, 6) is 0.438. The van der Waals surface area contributed by atoms with Crippen molar-refractivity contribution in [1.29, 1.82) is 0 Å². The van der Waals surface area contributed by atoms with E-state index in [1.54, 1.807) is 18.2 Å². The Balaban J connectivity index is 2.40. The van der Waals surface area contributed by atoms with Gasteiger partial charge >= 0.3 is 0 Å². The molecule has 0 unspecified atom stereocenters. The van der Waals surface area contributed by atoms with Crippen LogP contribution in [0.5, 0.6) is 5.88 Å². The molecule has 74 valence electrons. The number of hydrogen-bond acceptors (Lipinski definition) is 4. The molecule has 0 aliphatic rings. The van der Waals surface area contributed by atoms with E-state index in [0.29, 0.717) is 29.6 Å². The third kappa shape index (κ3) is 1.66. The van der Waals surface area contributed by atoms with E-state index in [9.17, 15) is 0 Å². The average molecular weight is 213 g/mol. The molecule has 2 rings (SSSR count). The number of halogens is 1. The largest absolute Gasteiger partial charge is 0.474 e. The maximum atomic E-state index is 5.83. The Hall–Kier alpha value is -1.26. The summed E-state index contributed by atoms with van der Waals surface area (Å²) in [6.45, 7) is 0.850. The van der Waals surface area contributed by atoms with Gasteiger partial charge in [-0.3, -0.25) is 0 Å². The maximum absolute atomic E-state index is 5.83. The smallest absolute Gasteiger partial charge is 0.262 e. The lowest BCUT2D eigenvalue weighted by molar-refractivity contribution is 0.293. The van der Waals surface area contributed by atoms with Gasteiger partial charge in [0.1, 0.15) is 6.61 Å². The highest BCUT2D eigenvalue weighted by Crippen LogP contribution is 2.27. The topological polar surface area (TPSA) is 61.3 Å². The zero-order valence-electron chi connectivity index (χ0n) is 7.37. The molecule has 0 atom stereocenters. The van der Waals surface area contributed by atoms with Crippen LogP contribution >= 0.6 is 11.6 Å². The summed E-state index contributed by atoms with van der Waals surface area (Å²) in [6.07, 6.45) is 0. The van der Waals surface area contributed by atoms with Crippen molar-refractivity contribution < 1.29 is 9.26 Å². The Morgan fingerprint density at radius 1 is 1.50 bits per heavy atom. The molecule has 0 spiro atoms. The number of hydrogen-bond donors (Lipinski definition) is 1. The first kappa shape index (κ1) is 9.30. The van der Waals surface area contributed by atoms with Crippen molar-refractivity contribution in [2.24, 2.45) is 5.73 Å². The van der Waals surface area contributed by atoms with Crippen LogP contribution in [0.25, 0.3) is 11.0 Å². The predicted octanol–water partition coefficient (Wildman–Crippen LogP) is 1.82. The van der Waals surface area contributed by atoms with Gasteiger partial charge in [0.05, 0.1) is 5.39 Å². The molecule has 1 aromatic carbocycles. The van der Waals surface area contributed by atoms with E-state index in [2.05, 4.69) is 5.16 Å². The standard InChI is InChI=1S/C9H9ClN2O2/c10-6-1-2-8-7(5-6)9(12-14-8)13-4-3-11/h1-2,5H,3-4,11H2. The van der Waals surface area contributed by atoms with E-state index in [-0.39, 0.29) is 0 Å². The molecule has 0 saturated heterocycles. The zero-order valence-corrected chi connectivity index (χ0v) is 8.12. The van der Waals surface area contributed by atoms with Crippen LogP contribution in [0, 0.1) is 0 Å². The van der Waals surface area contributed by atoms with E-state index in [0.717, 1.165) is 5.39 Å². The SMILES string of the molecule is NCCOc1noc2ccc(Cl)cc12. The van der Waals surface area contributed by atoms with E-state index in [1.165, 1.54) is 0 Å². The molecule has 0 amide bonds. The molecule has 0 bridgehead atoms. The second-order valence-corrected chi connectivity index (χ2v) is 3.20. The average Bonchev–Trinajstić information content (AvgIpc) is 2.57. The highest BCUT2D eigenvalue weighted by atomic mass is 35.5. The number of nitrogens with two attached hydrogens (primary N) is 1. The van der Waals surface area contributed by atoms with Crippen molar-refractivity contribution in [1.82, 2.24) is 5.16 Å². The third-order valence-corrected chi connectivity index (χ3v) is 1.99. The van der Waals surface area contributed by atoms with Crippen LogP contribution in [-0.4, -0.2) is 18.3 Å². The van der Waals surface area contributed by atoms with Crippen LogP contribution in [0.15, 0.2) is 22.7 Å². The fraction of sp³-hybridized carbons (Fsp3) is 0.222. The van der Waals surface area contributed by atoms with Gasteiger partial charge in [-0.05, 0) is 23.4 Å². The van der Waals surface area contributed by atoms with Crippen molar-refractivity contribution in [3.63, 3.8) is 0 Å². The molecule has 0 saturated carbocycles.